The second-order valence-electron chi connectivity index (χ2n) is 3.51. The summed E-state index contributed by atoms with van der Waals surface area (Å²) in [6.07, 6.45) is 1.54. The van der Waals surface area contributed by atoms with Gasteiger partial charge in [-0.25, -0.2) is 10.8 Å². The number of rotatable bonds is 4. The summed E-state index contributed by atoms with van der Waals surface area (Å²) in [5.74, 6) is 5.65. The number of aromatic nitrogens is 5. The van der Waals surface area contributed by atoms with Crippen molar-refractivity contribution in [2.45, 2.75) is 13.0 Å². The van der Waals surface area contributed by atoms with Crippen LogP contribution in [0.25, 0.3) is 0 Å². The number of aromatic amines is 1. The number of nitrogen functional groups attached to an aromatic ring is 1. The molecule has 1 amide bonds. The second kappa shape index (κ2) is 5.19. The van der Waals surface area contributed by atoms with E-state index in [9.17, 15) is 4.79 Å². The average Bonchev–Trinajstić information content (AvgIpc) is 2.92. The largest absolute Gasteiger partial charge is 0.342 e. The van der Waals surface area contributed by atoms with Crippen LogP contribution in [0.5, 0.6) is 0 Å². The number of anilines is 1. The third-order valence-corrected chi connectivity index (χ3v) is 2.29. The highest BCUT2D eigenvalue weighted by atomic mass is 16.1. The molecule has 0 saturated heterocycles. The molecule has 1 atom stereocenters. The fourth-order valence-electron chi connectivity index (χ4n) is 1.40. The van der Waals surface area contributed by atoms with Gasteiger partial charge in [-0.2, -0.15) is 5.21 Å². The molecule has 0 aliphatic carbocycles. The summed E-state index contributed by atoms with van der Waals surface area (Å²) in [4.78, 5) is 15.9. The highest BCUT2D eigenvalue weighted by molar-refractivity contribution is 5.98. The Morgan fingerprint density at radius 1 is 1.56 bits per heavy atom. The van der Waals surface area contributed by atoms with Gasteiger partial charge in [-0.15, -0.1) is 10.2 Å². The number of H-pyrrole nitrogens is 1. The summed E-state index contributed by atoms with van der Waals surface area (Å²) < 4.78 is 0. The van der Waals surface area contributed by atoms with Crippen molar-refractivity contribution in [1.29, 1.82) is 0 Å². The lowest BCUT2D eigenvalue weighted by Crippen LogP contribution is -2.29. The van der Waals surface area contributed by atoms with Gasteiger partial charge in [-0.05, 0) is 19.1 Å². The quantitative estimate of drug-likeness (QED) is 0.418. The number of carbonyl (C=O) groups excluding carboxylic acids is 1. The Labute approximate surface area is 102 Å². The summed E-state index contributed by atoms with van der Waals surface area (Å²) in [5.41, 5.74) is 2.71. The molecule has 0 radical (unpaired) electrons. The minimum atomic E-state index is -0.373. The van der Waals surface area contributed by atoms with Crippen molar-refractivity contribution in [3.8, 4) is 0 Å². The monoisotopic (exact) mass is 248 g/mol. The molecular formula is C9H12N8O. The van der Waals surface area contributed by atoms with Crippen LogP contribution >= 0.6 is 0 Å². The second-order valence-corrected chi connectivity index (χ2v) is 3.51. The van der Waals surface area contributed by atoms with Crippen LogP contribution < -0.4 is 16.6 Å². The summed E-state index contributed by atoms with van der Waals surface area (Å²) in [6, 6.07) is 2.89. The van der Waals surface area contributed by atoms with Gasteiger partial charge in [0.1, 0.15) is 0 Å². The lowest BCUT2D eigenvalue weighted by atomic mass is 10.2. The van der Waals surface area contributed by atoms with Gasteiger partial charge >= 0.3 is 0 Å². The van der Waals surface area contributed by atoms with Crippen LogP contribution in [0.1, 0.15) is 29.1 Å². The Kier molecular flexibility index (Phi) is 3.44. The van der Waals surface area contributed by atoms with Gasteiger partial charge in [-0.1, -0.05) is 5.21 Å². The van der Waals surface area contributed by atoms with Crippen LogP contribution in [-0.4, -0.2) is 31.5 Å². The number of hydrogen-bond acceptors (Lipinski definition) is 7. The zero-order valence-corrected chi connectivity index (χ0v) is 9.58. The molecule has 2 aromatic heterocycles. The number of hydrazine groups is 1. The van der Waals surface area contributed by atoms with Crippen LogP contribution in [-0.2, 0) is 0 Å². The first-order valence-corrected chi connectivity index (χ1v) is 5.18. The van der Waals surface area contributed by atoms with E-state index in [1.54, 1.807) is 19.1 Å². The normalized spacial score (nSPS) is 11.9. The molecule has 0 aliphatic heterocycles. The molecule has 5 N–H and O–H groups in total. The molecule has 0 saturated carbocycles. The lowest BCUT2D eigenvalue weighted by Gasteiger charge is -2.11. The number of tetrazole rings is 1. The van der Waals surface area contributed by atoms with Crippen LogP contribution in [0.4, 0.5) is 5.82 Å². The van der Waals surface area contributed by atoms with E-state index in [4.69, 9.17) is 5.84 Å². The van der Waals surface area contributed by atoms with Crippen molar-refractivity contribution in [2.75, 3.05) is 5.43 Å². The molecule has 18 heavy (non-hydrogen) atoms. The third-order valence-electron chi connectivity index (χ3n) is 2.29. The van der Waals surface area contributed by atoms with Crippen molar-refractivity contribution in [3.63, 3.8) is 0 Å². The van der Waals surface area contributed by atoms with Crippen LogP contribution in [0.15, 0.2) is 18.3 Å². The summed E-state index contributed by atoms with van der Waals surface area (Å²) in [6.45, 7) is 1.74. The van der Waals surface area contributed by atoms with Crippen molar-refractivity contribution in [1.82, 2.24) is 30.9 Å². The fraction of sp³-hybridized carbons (Fsp3) is 0.222. The van der Waals surface area contributed by atoms with E-state index in [0.29, 0.717) is 17.2 Å². The molecule has 0 fully saturated rings. The molecule has 2 rings (SSSR count). The third kappa shape index (κ3) is 2.40. The zero-order valence-electron chi connectivity index (χ0n) is 9.58. The van der Waals surface area contributed by atoms with Gasteiger partial charge in [-0.3, -0.25) is 4.79 Å². The molecule has 2 aromatic rings. The first kappa shape index (κ1) is 11.9. The molecule has 9 nitrogen and oxygen atoms in total. The number of hydrogen-bond donors (Lipinski definition) is 4. The van der Waals surface area contributed by atoms with E-state index >= 15 is 0 Å². The Bertz CT molecular complexity index is 525. The van der Waals surface area contributed by atoms with Crippen LogP contribution in [0.3, 0.4) is 0 Å². The summed E-state index contributed by atoms with van der Waals surface area (Å²) in [7, 11) is 0. The highest BCUT2D eigenvalue weighted by Crippen LogP contribution is 2.12. The van der Waals surface area contributed by atoms with Crippen molar-refractivity contribution in [3.05, 3.63) is 29.7 Å². The predicted molar refractivity (Wildman–Crippen MR) is 62.1 cm³/mol. The lowest BCUT2D eigenvalue weighted by molar-refractivity contribution is 0.0939. The van der Waals surface area contributed by atoms with Crippen molar-refractivity contribution in [2.24, 2.45) is 5.84 Å². The molecule has 0 bridgehead atoms. The minimum absolute atomic E-state index is 0.301. The van der Waals surface area contributed by atoms with Gasteiger partial charge in [0.25, 0.3) is 5.91 Å². The Hall–Kier alpha value is -2.55. The number of nitrogens with zero attached hydrogens (tertiary/aromatic N) is 4. The molecule has 0 spiro atoms. The number of carbonyl (C=O) groups is 1. The molecule has 94 valence electrons. The SMILES string of the molecule is CC(NC(=O)c1cccnc1NN)c1nn[nH]n1. The highest BCUT2D eigenvalue weighted by Gasteiger charge is 2.17. The molecule has 1 unspecified atom stereocenters. The standard InChI is InChI=1S/C9H12N8O/c1-5(7-14-16-17-15-7)12-9(18)6-3-2-4-11-8(6)13-10/h2-5H,10H2,1H3,(H,11,13)(H,12,18)(H,14,15,16,17). The molecular weight excluding hydrogens is 236 g/mol. The van der Waals surface area contributed by atoms with E-state index in [1.165, 1.54) is 6.20 Å². The molecule has 0 aliphatic rings. The van der Waals surface area contributed by atoms with E-state index < -0.39 is 0 Å². The van der Waals surface area contributed by atoms with E-state index in [-0.39, 0.29) is 11.9 Å². The Morgan fingerprint density at radius 3 is 3.06 bits per heavy atom. The van der Waals surface area contributed by atoms with Crippen molar-refractivity contribution >= 4 is 11.7 Å². The number of pyridine rings is 1. The maximum absolute atomic E-state index is 12.0. The first-order chi connectivity index (χ1) is 8.72. The topological polar surface area (TPSA) is 134 Å². The molecule has 0 aromatic carbocycles. The van der Waals surface area contributed by atoms with Gasteiger partial charge in [0.05, 0.1) is 11.6 Å². The maximum Gasteiger partial charge on any atom is 0.255 e. The molecule has 9 heteroatoms. The predicted octanol–water partition coefficient (Wildman–Crippen LogP) is -0.629. The summed E-state index contributed by atoms with van der Waals surface area (Å²) >= 11 is 0. The van der Waals surface area contributed by atoms with Crippen LogP contribution in [0, 0.1) is 0 Å². The molecule has 2 heterocycles. The van der Waals surface area contributed by atoms with Crippen LogP contribution in [0.2, 0.25) is 0 Å². The minimum Gasteiger partial charge on any atom is -0.342 e. The maximum atomic E-state index is 12.0. The Morgan fingerprint density at radius 2 is 2.39 bits per heavy atom. The van der Waals surface area contributed by atoms with E-state index in [2.05, 4.69) is 36.4 Å². The van der Waals surface area contributed by atoms with Gasteiger partial charge in [0, 0.05) is 6.20 Å². The van der Waals surface area contributed by atoms with E-state index in [0.717, 1.165) is 0 Å². The first-order valence-electron chi connectivity index (χ1n) is 5.18. The van der Waals surface area contributed by atoms with Gasteiger partial charge < -0.3 is 10.7 Å². The zero-order chi connectivity index (χ0) is 13.0. The smallest absolute Gasteiger partial charge is 0.255 e. The van der Waals surface area contributed by atoms with E-state index in [1.807, 2.05) is 0 Å². The number of nitrogens with two attached hydrogens (primary N) is 1. The van der Waals surface area contributed by atoms with Gasteiger partial charge in [0.2, 0.25) is 0 Å². The average molecular weight is 248 g/mol. The number of nitrogens with one attached hydrogen (secondary N) is 3. The number of amides is 1. The Balaban J connectivity index is 2.12. The van der Waals surface area contributed by atoms with Crippen molar-refractivity contribution < 1.29 is 4.79 Å². The summed E-state index contributed by atoms with van der Waals surface area (Å²) in [5, 5.41) is 16.0. The fourth-order valence-corrected chi connectivity index (χ4v) is 1.40. The van der Waals surface area contributed by atoms with Gasteiger partial charge in [0.15, 0.2) is 11.6 Å².